The van der Waals surface area contributed by atoms with Crippen LogP contribution in [0.25, 0.3) is 0 Å². The fourth-order valence-corrected chi connectivity index (χ4v) is 3.99. The van der Waals surface area contributed by atoms with Crippen LogP contribution in [0.2, 0.25) is 0 Å². The molecule has 148 valence electrons. The third-order valence-electron chi connectivity index (χ3n) is 4.88. The van der Waals surface area contributed by atoms with Crippen LogP contribution in [0.3, 0.4) is 0 Å². The van der Waals surface area contributed by atoms with Gasteiger partial charge in [0.2, 0.25) is 10.0 Å². The van der Waals surface area contributed by atoms with Crippen LogP contribution in [0, 0.1) is 0 Å². The average molecular weight is 494 g/mol. The molecular weight excluding hydrogens is 463 g/mol. The van der Waals surface area contributed by atoms with Crippen LogP contribution >= 0.6 is 24.0 Å². The number of rotatable bonds is 8. The third-order valence-corrected chi connectivity index (χ3v) is 6.29. The van der Waals surface area contributed by atoms with E-state index < -0.39 is 10.0 Å². The van der Waals surface area contributed by atoms with Gasteiger partial charge in [-0.15, -0.1) is 24.0 Å². The molecule has 0 spiro atoms. The third kappa shape index (κ3) is 6.70. The molecule has 0 amide bonds. The number of nitrogens with zero attached hydrogens (tertiary/aromatic N) is 1. The van der Waals surface area contributed by atoms with E-state index in [1.165, 1.54) is 31.2 Å². The van der Waals surface area contributed by atoms with Crippen molar-refractivity contribution in [1.82, 2.24) is 15.4 Å². The quantitative estimate of drug-likeness (QED) is 0.224. The lowest BCUT2D eigenvalue weighted by Crippen LogP contribution is -2.46. The van der Waals surface area contributed by atoms with Gasteiger partial charge in [0.25, 0.3) is 0 Å². The first-order valence-corrected chi connectivity index (χ1v) is 10.6. The Kier molecular flexibility index (Phi) is 9.88. The van der Waals surface area contributed by atoms with Crippen LogP contribution in [-0.4, -0.2) is 46.8 Å². The fourth-order valence-electron chi connectivity index (χ4n) is 3.37. The van der Waals surface area contributed by atoms with Crippen LogP contribution in [0.15, 0.2) is 35.3 Å². The van der Waals surface area contributed by atoms with Gasteiger partial charge in [-0.3, -0.25) is 4.99 Å². The molecule has 0 heterocycles. The highest BCUT2D eigenvalue weighted by Gasteiger charge is 2.35. The second kappa shape index (κ2) is 11.1. The first-order valence-electron chi connectivity index (χ1n) is 8.99. The molecule has 26 heavy (non-hydrogen) atoms. The molecule has 0 bridgehead atoms. The molecule has 1 fully saturated rings. The van der Waals surface area contributed by atoms with E-state index in [0.717, 1.165) is 6.54 Å². The minimum Gasteiger partial charge on any atom is -0.356 e. The van der Waals surface area contributed by atoms with Gasteiger partial charge >= 0.3 is 0 Å². The van der Waals surface area contributed by atoms with E-state index in [0.29, 0.717) is 19.0 Å². The maximum absolute atomic E-state index is 11.4. The molecule has 3 N–H and O–H groups in total. The molecule has 0 aliphatic heterocycles. The van der Waals surface area contributed by atoms with Crippen molar-refractivity contribution in [3.8, 4) is 0 Å². The Hall–Kier alpha value is -0.870. The van der Waals surface area contributed by atoms with Crippen LogP contribution in [-0.2, 0) is 15.4 Å². The van der Waals surface area contributed by atoms with Gasteiger partial charge in [0.05, 0.1) is 5.75 Å². The summed E-state index contributed by atoms with van der Waals surface area (Å²) in [4.78, 5) is 4.25. The topological polar surface area (TPSA) is 82.6 Å². The molecule has 2 rings (SSSR count). The summed E-state index contributed by atoms with van der Waals surface area (Å²) in [5.74, 6) is 0.803. The Balaban J connectivity index is 0.00000338. The molecule has 0 atom stereocenters. The molecule has 0 radical (unpaired) electrons. The number of nitrogens with one attached hydrogen (secondary N) is 3. The molecule has 0 aromatic heterocycles. The van der Waals surface area contributed by atoms with Gasteiger partial charge < -0.3 is 10.6 Å². The molecule has 1 aromatic rings. The Morgan fingerprint density at radius 2 is 1.77 bits per heavy atom. The van der Waals surface area contributed by atoms with Gasteiger partial charge in [-0.1, -0.05) is 43.2 Å². The van der Waals surface area contributed by atoms with Crippen LogP contribution < -0.4 is 15.4 Å². The highest BCUT2D eigenvalue weighted by Crippen LogP contribution is 2.40. The lowest BCUT2D eigenvalue weighted by atomic mass is 9.79. The Labute approximate surface area is 174 Å². The standard InChI is InChI=1S/C18H30N4O2S.HI/c1-3-25(23,24)22-14-13-20-17(19-2)21-15-18(11-7-8-12-18)16-9-5-4-6-10-16;/h4-6,9-10,22H,3,7-8,11-15H2,1-2H3,(H2,19,20,21);1H. The van der Waals surface area contributed by atoms with Crippen LogP contribution in [0.5, 0.6) is 0 Å². The summed E-state index contributed by atoms with van der Waals surface area (Å²) < 4.78 is 25.4. The molecule has 0 saturated heterocycles. The maximum atomic E-state index is 11.4. The Morgan fingerprint density at radius 3 is 2.35 bits per heavy atom. The zero-order valence-corrected chi connectivity index (χ0v) is 18.8. The first kappa shape index (κ1) is 23.2. The second-order valence-corrected chi connectivity index (χ2v) is 8.60. The molecule has 1 aliphatic rings. The van der Waals surface area contributed by atoms with Crippen LogP contribution in [0.4, 0.5) is 0 Å². The zero-order valence-electron chi connectivity index (χ0n) is 15.6. The predicted octanol–water partition coefficient (Wildman–Crippen LogP) is 2.22. The van der Waals surface area contributed by atoms with E-state index in [9.17, 15) is 8.42 Å². The van der Waals surface area contributed by atoms with Crippen molar-refractivity contribution in [2.45, 2.75) is 38.0 Å². The zero-order chi connectivity index (χ0) is 18.2. The summed E-state index contributed by atoms with van der Waals surface area (Å²) >= 11 is 0. The Bertz CT molecular complexity index is 659. The second-order valence-electron chi connectivity index (χ2n) is 6.50. The number of hydrogen-bond acceptors (Lipinski definition) is 3. The number of sulfonamides is 1. The van der Waals surface area contributed by atoms with E-state index in [4.69, 9.17) is 0 Å². The monoisotopic (exact) mass is 494 g/mol. The molecule has 1 aliphatic carbocycles. The Morgan fingerprint density at radius 1 is 1.12 bits per heavy atom. The number of hydrogen-bond donors (Lipinski definition) is 3. The van der Waals surface area contributed by atoms with Gasteiger partial charge in [-0.05, 0) is 25.3 Å². The van der Waals surface area contributed by atoms with Crippen molar-refractivity contribution in [2.75, 3.05) is 32.4 Å². The number of halogens is 1. The van der Waals surface area contributed by atoms with E-state index in [2.05, 4.69) is 50.7 Å². The summed E-state index contributed by atoms with van der Waals surface area (Å²) in [6, 6.07) is 10.7. The minimum atomic E-state index is -3.15. The summed E-state index contributed by atoms with van der Waals surface area (Å²) in [6.07, 6.45) is 4.86. The van der Waals surface area contributed by atoms with Crippen molar-refractivity contribution in [2.24, 2.45) is 4.99 Å². The lowest BCUT2D eigenvalue weighted by Gasteiger charge is -2.30. The molecule has 0 unspecified atom stereocenters. The van der Waals surface area contributed by atoms with Gasteiger partial charge in [-0.2, -0.15) is 0 Å². The highest BCUT2D eigenvalue weighted by molar-refractivity contribution is 14.0. The van der Waals surface area contributed by atoms with Crippen molar-refractivity contribution >= 4 is 40.0 Å². The van der Waals surface area contributed by atoms with E-state index in [-0.39, 0.29) is 35.1 Å². The molecule has 6 nitrogen and oxygen atoms in total. The number of guanidine groups is 1. The van der Waals surface area contributed by atoms with Gasteiger partial charge in [0.15, 0.2) is 5.96 Å². The van der Waals surface area contributed by atoms with Crippen molar-refractivity contribution in [3.63, 3.8) is 0 Å². The van der Waals surface area contributed by atoms with E-state index in [1.54, 1.807) is 14.0 Å². The molecular formula is C18H31IN4O2S. The van der Waals surface area contributed by atoms with E-state index in [1.807, 2.05) is 0 Å². The highest BCUT2D eigenvalue weighted by atomic mass is 127. The van der Waals surface area contributed by atoms with Gasteiger partial charge in [0.1, 0.15) is 0 Å². The summed E-state index contributed by atoms with van der Waals surface area (Å²) in [5, 5.41) is 6.59. The molecule has 8 heteroatoms. The summed E-state index contributed by atoms with van der Waals surface area (Å²) in [5.41, 5.74) is 1.54. The maximum Gasteiger partial charge on any atom is 0.211 e. The number of benzene rings is 1. The lowest BCUT2D eigenvalue weighted by molar-refractivity contribution is 0.432. The SMILES string of the molecule is CCS(=O)(=O)NCCNC(=NC)NCC1(c2ccccc2)CCCC1.I. The van der Waals surface area contributed by atoms with Crippen molar-refractivity contribution < 1.29 is 8.42 Å². The minimum absolute atomic E-state index is 0. The van der Waals surface area contributed by atoms with E-state index >= 15 is 0 Å². The largest absolute Gasteiger partial charge is 0.356 e. The molecule has 1 saturated carbocycles. The first-order chi connectivity index (χ1) is 12.0. The van der Waals surface area contributed by atoms with Gasteiger partial charge in [0, 0.05) is 32.1 Å². The normalized spacial score (nSPS) is 16.8. The summed E-state index contributed by atoms with van der Waals surface area (Å²) in [7, 11) is -1.41. The fraction of sp³-hybridized carbons (Fsp3) is 0.611. The average Bonchev–Trinajstić information content (AvgIpc) is 3.12. The van der Waals surface area contributed by atoms with Crippen molar-refractivity contribution in [3.05, 3.63) is 35.9 Å². The van der Waals surface area contributed by atoms with Crippen molar-refractivity contribution in [1.29, 1.82) is 0 Å². The molecule has 1 aromatic carbocycles. The smallest absolute Gasteiger partial charge is 0.211 e. The summed E-state index contributed by atoms with van der Waals surface area (Å²) in [6.45, 7) is 3.30. The van der Waals surface area contributed by atoms with Gasteiger partial charge in [-0.25, -0.2) is 13.1 Å². The predicted molar refractivity (Wildman–Crippen MR) is 119 cm³/mol. The number of aliphatic imine (C=N–C) groups is 1. The van der Waals surface area contributed by atoms with Crippen LogP contribution in [0.1, 0.15) is 38.2 Å².